The van der Waals surface area contributed by atoms with Gasteiger partial charge in [0.2, 0.25) is 0 Å². The van der Waals surface area contributed by atoms with Crippen LogP contribution in [0.3, 0.4) is 0 Å². The van der Waals surface area contributed by atoms with Crippen LogP contribution < -0.4 is 0 Å². The van der Waals surface area contributed by atoms with E-state index in [9.17, 15) is 9.59 Å². The third-order valence-corrected chi connectivity index (χ3v) is 1.99. The van der Waals surface area contributed by atoms with Crippen LogP contribution in [0.5, 0.6) is 0 Å². The Morgan fingerprint density at radius 1 is 0.786 bits per heavy atom. The summed E-state index contributed by atoms with van der Waals surface area (Å²) in [5, 5.41) is 0. The van der Waals surface area contributed by atoms with Crippen LogP contribution in [-0.2, 0) is 9.59 Å². The van der Waals surface area contributed by atoms with Crippen LogP contribution in [0.4, 0.5) is 0 Å². The van der Waals surface area contributed by atoms with Crippen LogP contribution in [0, 0.1) is 10.8 Å². The molecule has 82 valence electrons. The zero-order valence-electron chi connectivity index (χ0n) is 9.52. The molecule has 0 atom stereocenters. The molecule has 0 amide bonds. The number of carbonyl (C=O) groups is 2. The molecule has 0 rings (SSSR count). The van der Waals surface area contributed by atoms with Crippen molar-refractivity contribution in [3.63, 3.8) is 0 Å². The minimum atomic E-state index is -0.402. The summed E-state index contributed by atoms with van der Waals surface area (Å²) in [6.07, 6.45) is 0.0625. The second-order valence-corrected chi connectivity index (χ2v) is 5.52. The zero-order valence-corrected chi connectivity index (χ0v) is 9.52. The van der Waals surface area contributed by atoms with Crippen LogP contribution in [0.2, 0.25) is 0 Å². The SMILES string of the molecule is CC(C)(C)C(=O)CC(=O)C(C)(C)C.[InH3]. The number of ketones is 2. The van der Waals surface area contributed by atoms with E-state index in [1.54, 1.807) is 0 Å². The number of Topliss-reactive ketones (excluding diaryl/α,β-unsaturated/α-hetero) is 2. The van der Waals surface area contributed by atoms with Gasteiger partial charge in [-0.05, 0) is 0 Å². The van der Waals surface area contributed by atoms with Gasteiger partial charge in [0.05, 0.1) is 6.42 Å². The van der Waals surface area contributed by atoms with Crippen molar-refractivity contribution >= 4 is 37.4 Å². The van der Waals surface area contributed by atoms with Crippen molar-refractivity contribution < 1.29 is 9.59 Å². The van der Waals surface area contributed by atoms with E-state index in [1.165, 1.54) is 0 Å². The number of hydrogen-bond acceptors (Lipinski definition) is 2. The van der Waals surface area contributed by atoms with Gasteiger partial charge in [0.1, 0.15) is 11.6 Å². The Labute approximate surface area is 106 Å². The Bertz CT molecular complexity index is 194. The summed E-state index contributed by atoms with van der Waals surface area (Å²) in [5.41, 5.74) is -0.804. The Balaban J connectivity index is 0. The fourth-order valence-electron chi connectivity index (χ4n) is 0.676. The van der Waals surface area contributed by atoms with E-state index in [4.69, 9.17) is 0 Å². The maximum atomic E-state index is 11.5. The molecule has 0 aliphatic carbocycles. The first-order chi connectivity index (χ1) is 5.55. The summed E-state index contributed by atoms with van der Waals surface area (Å²) in [6.45, 7) is 11.0. The van der Waals surface area contributed by atoms with Crippen molar-refractivity contribution in [2.45, 2.75) is 48.0 Å². The molecule has 0 heterocycles. The molecule has 2 nitrogen and oxygen atoms in total. The molecule has 0 bridgehead atoms. The predicted molar refractivity (Wildman–Crippen MR) is 63.5 cm³/mol. The second kappa shape index (κ2) is 5.34. The van der Waals surface area contributed by atoms with E-state index in [0.717, 1.165) is 0 Å². The van der Waals surface area contributed by atoms with Crippen LogP contribution in [-0.4, -0.2) is 37.4 Å². The van der Waals surface area contributed by atoms with Gasteiger partial charge in [-0.1, -0.05) is 41.5 Å². The molecule has 14 heavy (non-hydrogen) atoms. The first kappa shape index (κ1) is 16.6. The van der Waals surface area contributed by atoms with E-state index >= 15 is 0 Å². The summed E-state index contributed by atoms with van der Waals surface area (Å²) in [7, 11) is 0. The van der Waals surface area contributed by atoms with E-state index in [0.29, 0.717) is 0 Å². The monoisotopic (exact) mass is 302 g/mol. The summed E-state index contributed by atoms with van der Waals surface area (Å²) < 4.78 is 0. The van der Waals surface area contributed by atoms with Gasteiger partial charge >= 0.3 is 25.8 Å². The standard InChI is InChI=1S/C11H20O2.In.3H/c1-10(2,3)8(12)7-9(13)11(4,5)6;;;;/h7H2,1-6H3;;;;. The number of hydrogen-bond donors (Lipinski definition) is 0. The molecule has 0 radical (unpaired) electrons. The van der Waals surface area contributed by atoms with Crippen molar-refractivity contribution in [2.75, 3.05) is 0 Å². The molecule has 3 heteroatoms. The molecule has 0 unspecified atom stereocenters. The molecule has 0 N–H and O–H groups in total. The molecular weight excluding hydrogens is 279 g/mol. The third-order valence-electron chi connectivity index (χ3n) is 1.99. The predicted octanol–water partition coefficient (Wildman–Crippen LogP) is 1.42. The van der Waals surface area contributed by atoms with E-state index in [-0.39, 0.29) is 43.8 Å². The van der Waals surface area contributed by atoms with Crippen molar-refractivity contribution in [1.82, 2.24) is 0 Å². The van der Waals surface area contributed by atoms with Gasteiger partial charge in [0.15, 0.2) is 0 Å². The van der Waals surface area contributed by atoms with Gasteiger partial charge < -0.3 is 0 Å². The van der Waals surface area contributed by atoms with Crippen molar-refractivity contribution in [3.8, 4) is 0 Å². The summed E-state index contributed by atoms with van der Waals surface area (Å²) >= 11 is 0. The summed E-state index contributed by atoms with van der Waals surface area (Å²) in [4.78, 5) is 23.0. The maximum absolute atomic E-state index is 11.5. The Kier molecular flexibility index (Phi) is 6.34. The average molecular weight is 302 g/mol. The van der Waals surface area contributed by atoms with Crippen LogP contribution in [0.1, 0.15) is 48.0 Å². The number of carbonyl (C=O) groups excluding carboxylic acids is 2. The summed E-state index contributed by atoms with van der Waals surface area (Å²) in [6, 6.07) is 0. The van der Waals surface area contributed by atoms with E-state index < -0.39 is 10.8 Å². The van der Waals surface area contributed by atoms with Gasteiger partial charge in [-0.3, -0.25) is 9.59 Å². The topological polar surface area (TPSA) is 34.1 Å². The molecule has 0 spiro atoms. The fraction of sp³-hybridized carbons (Fsp3) is 0.818. The van der Waals surface area contributed by atoms with Crippen molar-refractivity contribution in [3.05, 3.63) is 0 Å². The minimum absolute atomic E-state index is 0. The number of rotatable bonds is 2. The van der Waals surface area contributed by atoms with Crippen molar-refractivity contribution in [1.29, 1.82) is 0 Å². The van der Waals surface area contributed by atoms with E-state index in [2.05, 4.69) is 0 Å². The van der Waals surface area contributed by atoms with Gasteiger partial charge in [0, 0.05) is 10.8 Å². The summed E-state index contributed by atoms with van der Waals surface area (Å²) in [5.74, 6) is 0.0415. The fourth-order valence-corrected chi connectivity index (χ4v) is 0.676. The first-order valence-electron chi connectivity index (χ1n) is 4.62. The Morgan fingerprint density at radius 3 is 1.14 bits per heavy atom. The van der Waals surface area contributed by atoms with Crippen LogP contribution >= 0.6 is 0 Å². The van der Waals surface area contributed by atoms with Gasteiger partial charge in [-0.25, -0.2) is 0 Å². The molecule has 0 saturated heterocycles. The average Bonchev–Trinajstić information content (AvgIpc) is 1.82. The molecule has 0 aromatic carbocycles. The van der Waals surface area contributed by atoms with Gasteiger partial charge in [-0.2, -0.15) is 0 Å². The van der Waals surface area contributed by atoms with Crippen LogP contribution in [0.25, 0.3) is 0 Å². The van der Waals surface area contributed by atoms with Gasteiger partial charge in [0.25, 0.3) is 0 Å². The Hall–Kier alpha value is 0.210. The molecule has 0 aliphatic rings. The quantitative estimate of drug-likeness (QED) is 0.723. The normalized spacial score (nSPS) is 11.9. The second-order valence-electron chi connectivity index (χ2n) is 5.52. The van der Waals surface area contributed by atoms with E-state index in [1.807, 2.05) is 41.5 Å². The molecule has 0 fully saturated rings. The van der Waals surface area contributed by atoms with Crippen molar-refractivity contribution in [2.24, 2.45) is 10.8 Å². The molecular formula is C11H23InO2. The van der Waals surface area contributed by atoms with Gasteiger partial charge in [-0.15, -0.1) is 0 Å². The molecule has 0 aromatic rings. The molecule has 0 saturated carbocycles. The molecule has 0 aromatic heterocycles. The third kappa shape index (κ3) is 5.84. The molecule has 0 aliphatic heterocycles. The Morgan fingerprint density at radius 2 is 1.00 bits per heavy atom. The zero-order chi connectivity index (χ0) is 10.9. The first-order valence-corrected chi connectivity index (χ1v) is 4.62. The van der Waals surface area contributed by atoms with Crippen LogP contribution in [0.15, 0.2) is 0 Å².